The number of anilines is 2. The minimum absolute atomic E-state index is 0.120. The summed E-state index contributed by atoms with van der Waals surface area (Å²) in [5, 5.41) is 3.77. The number of carbonyl (C=O) groups is 1. The van der Waals surface area contributed by atoms with Gasteiger partial charge in [0.05, 0.1) is 16.9 Å². The molecule has 0 spiro atoms. The van der Waals surface area contributed by atoms with Crippen LogP contribution >= 0.6 is 0 Å². The second-order valence-corrected chi connectivity index (χ2v) is 5.24. The van der Waals surface area contributed by atoms with Crippen LogP contribution in [0.15, 0.2) is 30.5 Å². The van der Waals surface area contributed by atoms with Gasteiger partial charge in [0.2, 0.25) is 0 Å². The first-order valence-corrected chi connectivity index (χ1v) is 6.69. The van der Waals surface area contributed by atoms with Crippen molar-refractivity contribution in [2.24, 2.45) is 0 Å². The lowest BCUT2D eigenvalue weighted by Crippen LogP contribution is -2.39. The van der Waals surface area contributed by atoms with Crippen LogP contribution in [0, 0.1) is 0 Å². The Labute approximate surface area is 117 Å². The molecule has 1 aliphatic rings. The summed E-state index contributed by atoms with van der Waals surface area (Å²) in [4.78, 5) is 16.6. The zero-order valence-electron chi connectivity index (χ0n) is 11.3. The summed E-state index contributed by atoms with van der Waals surface area (Å²) in [7, 11) is 0. The van der Waals surface area contributed by atoms with Crippen molar-refractivity contribution in [2.75, 3.05) is 17.7 Å². The van der Waals surface area contributed by atoms with Crippen molar-refractivity contribution in [3.05, 3.63) is 30.5 Å². The lowest BCUT2D eigenvalue weighted by atomic mass is 10.0. The highest BCUT2D eigenvalue weighted by Gasteiger charge is 2.37. The highest BCUT2D eigenvalue weighted by Crippen LogP contribution is 2.30. The number of aromatic nitrogens is 1. The molecule has 1 aromatic carbocycles. The normalized spacial score (nSPS) is 22.1. The SMILES string of the molecule is CC1(C(=O)Nc2ccc(N)c3ncccc23)CCCO1. The van der Waals surface area contributed by atoms with Gasteiger partial charge in [0.15, 0.2) is 0 Å². The van der Waals surface area contributed by atoms with E-state index in [-0.39, 0.29) is 5.91 Å². The third-order valence-corrected chi connectivity index (χ3v) is 3.75. The van der Waals surface area contributed by atoms with Crippen LogP contribution in [-0.2, 0) is 9.53 Å². The van der Waals surface area contributed by atoms with Gasteiger partial charge in [-0.1, -0.05) is 0 Å². The largest absolute Gasteiger partial charge is 0.397 e. The van der Waals surface area contributed by atoms with Crippen molar-refractivity contribution in [1.29, 1.82) is 0 Å². The van der Waals surface area contributed by atoms with Crippen LogP contribution in [0.25, 0.3) is 10.9 Å². The number of ether oxygens (including phenoxy) is 1. The minimum Gasteiger partial charge on any atom is -0.397 e. The summed E-state index contributed by atoms with van der Waals surface area (Å²) < 4.78 is 5.56. The van der Waals surface area contributed by atoms with E-state index in [1.165, 1.54) is 0 Å². The highest BCUT2D eigenvalue weighted by molar-refractivity contribution is 6.06. The van der Waals surface area contributed by atoms with Gasteiger partial charge in [-0.15, -0.1) is 0 Å². The second kappa shape index (κ2) is 4.76. The van der Waals surface area contributed by atoms with Gasteiger partial charge in [-0.25, -0.2) is 0 Å². The van der Waals surface area contributed by atoms with Crippen LogP contribution in [0.4, 0.5) is 11.4 Å². The van der Waals surface area contributed by atoms with E-state index in [1.54, 1.807) is 18.3 Å². The molecule has 1 unspecified atom stereocenters. The summed E-state index contributed by atoms with van der Waals surface area (Å²) >= 11 is 0. The third-order valence-electron chi connectivity index (χ3n) is 3.75. The summed E-state index contributed by atoms with van der Waals surface area (Å²) in [5.41, 5.74) is 7.17. The molecule has 1 fully saturated rings. The molecule has 3 N–H and O–H groups in total. The van der Waals surface area contributed by atoms with E-state index in [4.69, 9.17) is 10.5 Å². The number of amides is 1. The fourth-order valence-corrected chi connectivity index (χ4v) is 2.52. The quantitative estimate of drug-likeness (QED) is 0.822. The van der Waals surface area contributed by atoms with Crippen molar-refractivity contribution in [2.45, 2.75) is 25.4 Å². The van der Waals surface area contributed by atoms with Crippen molar-refractivity contribution >= 4 is 28.2 Å². The van der Waals surface area contributed by atoms with Crippen molar-refractivity contribution in [3.8, 4) is 0 Å². The maximum Gasteiger partial charge on any atom is 0.256 e. The van der Waals surface area contributed by atoms with Crippen LogP contribution in [0.5, 0.6) is 0 Å². The molecule has 0 bridgehead atoms. The number of rotatable bonds is 2. The topological polar surface area (TPSA) is 77.2 Å². The first kappa shape index (κ1) is 12.9. The standard InChI is InChI=1S/C15H17N3O2/c1-15(7-3-9-20-15)14(19)18-12-6-5-11(16)13-10(12)4-2-8-17-13/h2,4-6,8H,3,7,9,16H2,1H3,(H,18,19). The molecule has 3 rings (SSSR count). The van der Waals surface area contributed by atoms with Gasteiger partial charge in [-0.2, -0.15) is 0 Å². The van der Waals surface area contributed by atoms with Crippen molar-refractivity contribution < 1.29 is 9.53 Å². The van der Waals surface area contributed by atoms with Crippen LogP contribution in [0.2, 0.25) is 0 Å². The monoisotopic (exact) mass is 271 g/mol. The number of hydrogen-bond donors (Lipinski definition) is 2. The molecule has 104 valence electrons. The molecule has 20 heavy (non-hydrogen) atoms. The zero-order chi connectivity index (χ0) is 14.2. The fraction of sp³-hybridized carbons (Fsp3) is 0.333. The Balaban J connectivity index is 1.95. The second-order valence-electron chi connectivity index (χ2n) is 5.24. The molecule has 0 radical (unpaired) electrons. The Morgan fingerprint density at radius 3 is 3.05 bits per heavy atom. The number of pyridine rings is 1. The van der Waals surface area contributed by atoms with Gasteiger partial charge in [-0.3, -0.25) is 9.78 Å². The van der Waals surface area contributed by atoms with Gasteiger partial charge in [-0.05, 0) is 44.0 Å². The lowest BCUT2D eigenvalue weighted by Gasteiger charge is -2.22. The van der Waals surface area contributed by atoms with Gasteiger partial charge in [0.1, 0.15) is 5.60 Å². The average Bonchev–Trinajstić information content (AvgIpc) is 2.90. The van der Waals surface area contributed by atoms with Crippen molar-refractivity contribution in [3.63, 3.8) is 0 Å². The summed E-state index contributed by atoms with van der Waals surface area (Å²) in [6.07, 6.45) is 3.34. The molecule has 1 amide bonds. The molecule has 0 aliphatic carbocycles. The minimum atomic E-state index is -0.740. The molecule has 5 heteroatoms. The van der Waals surface area contributed by atoms with Crippen LogP contribution in [0.3, 0.4) is 0 Å². The van der Waals surface area contributed by atoms with E-state index < -0.39 is 5.60 Å². The van der Waals surface area contributed by atoms with E-state index in [9.17, 15) is 4.79 Å². The number of fused-ring (bicyclic) bond motifs is 1. The van der Waals surface area contributed by atoms with Crippen molar-refractivity contribution in [1.82, 2.24) is 4.98 Å². The maximum absolute atomic E-state index is 12.4. The lowest BCUT2D eigenvalue weighted by molar-refractivity contribution is -0.133. The number of hydrogen-bond acceptors (Lipinski definition) is 4. The smallest absolute Gasteiger partial charge is 0.256 e. The predicted octanol–water partition coefficient (Wildman–Crippen LogP) is 2.32. The molecule has 2 aromatic rings. The number of nitrogens with one attached hydrogen (secondary N) is 1. The molecular formula is C15H17N3O2. The number of nitrogens with two attached hydrogens (primary N) is 1. The molecule has 0 saturated carbocycles. The summed E-state index contributed by atoms with van der Waals surface area (Å²) in [6.45, 7) is 2.46. The Hall–Kier alpha value is -2.14. The number of benzene rings is 1. The molecule has 1 atom stereocenters. The van der Waals surface area contributed by atoms with Gasteiger partial charge in [0, 0.05) is 18.2 Å². The molecule has 1 saturated heterocycles. The molecule has 1 aromatic heterocycles. The van der Waals surface area contributed by atoms with E-state index in [2.05, 4.69) is 10.3 Å². The van der Waals surface area contributed by atoms with E-state index >= 15 is 0 Å². The molecule has 2 heterocycles. The van der Waals surface area contributed by atoms with Crippen LogP contribution < -0.4 is 11.1 Å². The first-order chi connectivity index (χ1) is 9.60. The van der Waals surface area contributed by atoms with Gasteiger partial charge >= 0.3 is 0 Å². The summed E-state index contributed by atoms with van der Waals surface area (Å²) in [6, 6.07) is 7.27. The summed E-state index contributed by atoms with van der Waals surface area (Å²) in [5.74, 6) is -0.120. The fourth-order valence-electron chi connectivity index (χ4n) is 2.52. The van der Waals surface area contributed by atoms with Gasteiger partial charge in [0.25, 0.3) is 5.91 Å². The molecule has 5 nitrogen and oxygen atoms in total. The zero-order valence-corrected chi connectivity index (χ0v) is 11.3. The van der Waals surface area contributed by atoms with E-state index in [0.29, 0.717) is 23.5 Å². The number of carbonyl (C=O) groups excluding carboxylic acids is 1. The van der Waals surface area contributed by atoms with Gasteiger partial charge < -0.3 is 15.8 Å². The average molecular weight is 271 g/mol. The van der Waals surface area contributed by atoms with E-state index in [1.807, 2.05) is 19.1 Å². The predicted molar refractivity (Wildman–Crippen MR) is 78.4 cm³/mol. The van der Waals surface area contributed by atoms with E-state index in [0.717, 1.165) is 18.2 Å². The number of nitrogen functional groups attached to an aromatic ring is 1. The Kier molecular flexibility index (Phi) is 3.06. The first-order valence-electron chi connectivity index (χ1n) is 6.69. The Morgan fingerprint density at radius 2 is 2.30 bits per heavy atom. The molecule has 1 aliphatic heterocycles. The van der Waals surface area contributed by atoms with Crippen LogP contribution in [-0.4, -0.2) is 23.1 Å². The Bertz CT molecular complexity index is 663. The Morgan fingerprint density at radius 1 is 1.45 bits per heavy atom. The highest BCUT2D eigenvalue weighted by atomic mass is 16.5. The third kappa shape index (κ3) is 2.10. The maximum atomic E-state index is 12.4. The number of nitrogens with zero attached hydrogens (tertiary/aromatic N) is 1. The van der Waals surface area contributed by atoms with Crippen LogP contribution in [0.1, 0.15) is 19.8 Å². The molecular weight excluding hydrogens is 254 g/mol.